The van der Waals surface area contributed by atoms with E-state index in [2.05, 4.69) is 38.5 Å². The van der Waals surface area contributed by atoms with E-state index in [1.54, 1.807) is 23.1 Å². The van der Waals surface area contributed by atoms with Crippen molar-refractivity contribution in [3.05, 3.63) is 10.4 Å². The minimum Gasteiger partial charge on any atom is -0.370 e. The first-order chi connectivity index (χ1) is 12.2. The van der Waals surface area contributed by atoms with Crippen molar-refractivity contribution >= 4 is 45.0 Å². The maximum Gasteiger partial charge on any atom is 0.240 e. The molecule has 0 spiro atoms. The number of thioether (sulfide) groups is 1. The summed E-state index contributed by atoms with van der Waals surface area (Å²) >= 11 is 3.27. The fourth-order valence-electron chi connectivity index (χ4n) is 2.74. The molecule has 8 heteroatoms. The number of rotatable bonds is 5. The Bertz CT molecular complexity index is 830. The van der Waals surface area contributed by atoms with E-state index in [9.17, 15) is 4.79 Å². The number of carbonyl (C=O) groups is 1. The van der Waals surface area contributed by atoms with E-state index in [0.29, 0.717) is 22.8 Å². The number of anilines is 1. The predicted molar refractivity (Wildman–Crippen MR) is 108 cm³/mol. The number of amides is 1. The Hall–Kier alpha value is -1.38. The Morgan fingerprint density at radius 2 is 2.00 bits per heavy atom. The number of ether oxygens (including phenoxy) is 1. The molecule has 0 unspecified atom stereocenters. The molecule has 0 saturated heterocycles. The number of hydrogen-bond acceptors (Lipinski definition) is 7. The maximum absolute atomic E-state index is 12.0. The van der Waals surface area contributed by atoms with Gasteiger partial charge in [-0.05, 0) is 19.4 Å². The number of aromatic nitrogens is 2. The van der Waals surface area contributed by atoms with Crippen LogP contribution in [-0.2, 0) is 22.6 Å². The summed E-state index contributed by atoms with van der Waals surface area (Å²) in [5, 5.41) is 2.09. The number of carbonyl (C=O) groups excluding carboxylic acids is 1. The molecular weight excluding hydrogens is 368 g/mol. The van der Waals surface area contributed by atoms with Crippen molar-refractivity contribution in [1.29, 1.82) is 0 Å². The second-order valence-corrected chi connectivity index (χ2v) is 10.3. The zero-order valence-corrected chi connectivity index (χ0v) is 17.7. The van der Waals surface area contributed by atoms with Crippen LogP contribution >= 0.6 is 23.1 Å². The van der Waals surface area contributed by atoms with E-state index < -0.39 is 0 Å². The van der Waals surface area contributed by atoms with Crippen molar-refractivity contribution in [3.8, 4) is 0 Å². The van der Waals surface area contributed by atoms with Crippen LogP contribution < -0.4 is 10.9 Å². The SMILES string of the molecule is CC(C)Sc1nc(NNC(=O)C(C)C)c2c3c(sc2n1)COC(C)(C)C3. The van der Waals surface area contributed by atoms with E-state index in [4.69, 9.17) is 14.7 Å². The van der Waals surface area contributed by atoms with Crippen LogP contribution in [0.1, 0.15) is 52.0 Å². The Balaban J connectivity index is 2.05. The second-order valence-electron chi connectivity index (χ2n) is 7.70. The number of hydrazine groups is 1. The van der Waals surface area contributed by atoms with Crippen LogP contribution in [0.4, 0.5) is 5.82 Å². The normalized spacial score (nSPS) is 16.2. The first-order valence-electron chi connectivity index (χ1n) is 8.85. The molecule has 1 amide bonds. The molecule has 2 aromatic rings. The number of thiophene rings is 1. The van der Waals surface area contributed by atoms with Gasteiger partial charge in [-0.25, -0.2) is 9.97 Å². The second kappa shape index (κ2) is 7.32. The molecule has 3 heterocycles. The summed E-state index contributed by atoms with van der Waals surface area (Å²) in [6, 6.07) is 0. The molecule has 0 aliphatic carbocycles. The smallest absolute Gasteiger partial charge is 0.240 e. The van der Waals surface area contributed by atoms with Gasteiger partial charge in [-0.3, -0.25) is 15.6 Å². The minimum atomic E-state index is -0.217. The lowest BCUT2D eigenvalue weighted by Crippen LogP contribution is -2.34. The average molecular weight is 395 g/mol. The topological polar surface area (TPSA) is 76.1 Å². The zero-order chi connectivity index (χ0) is 19.1. The summed E-state index contributed by atoms with van der Waals surface area (Å²) in [5.74, 6) is 0.498. The molecule has 0 radical (unpaired) electrons. The third kappa shape index (κ3) is 4.13. The average Bonchev–Trinajstić information content (AvgIpc) is 2.87. The molecule has 1 aliphatic rings. The van der Waals surface area contributed by atoms with Gasteiger partial charge in [-0.1, -0.05) is 39.5 Å². The Labute approximate surface area is 162 Å². The van der Waals surface area contributed by atoms with Crippen LogP contribution in [0.15, 0.2) is 5.16 Å². The lowest BCUT2D eigenvalue weighted by Gasteiger charge is -2.30. The molecule has 0 atom stereocenters. The maximum atomic E-state index is 12.0. The lowest BCUT2D eigenvalue weighted by atomic mass is 9.94. The van der Waals surface area contributed by atoms with Gasteiger partial charge in [0.25, 0.3) is 0 Å². The first-order valence-corrected chi connectivity index (χ1v) is 10.5. The van der Waals surface area contributed by atoms with Gasteiger partial charge in [0.2, 0.25) is 5.91 Å². The monoisotopic (exact) mass is 394 g/mol. The molecule has 0 bridgehead atoms. The largest absolute Gasteiger partial charge is 0.370 e. The molecule has 2 aromatic heterocycles. The van der Waals surface area contributed by atoms with E-state index in [1.807, 2.05) is 13.8 Å². The van der Waals surface area contributed by atoms with Crippen LogP contribution in [-0.4, -0.2) is 26.7 Å². The van der Waals surface area contributed by atoms with Gasteiger partial charge in [0.15, 0.2) is 11.0 Å². The molecule has 142 valence electrons. The molecule has 0 fully saturated rings. The predicted octanol–water partition coefficient (Wildman–Crippen LogP) is 4.14. The van der Waals surface area contributed by atoms with Gasteiger partial charge in [0.1, 0.15) is 4.83 Å². The summed E-state index contributed by atoms with van der Waals surface area (Å²) in [4.78, 5) is 23.6. The van der Waals surface area contributed by atoms with Crippen molar-refractivity contribution in [2.75, 3.05) is 5.43 Å². The number of hydrogen-bond donors (Lipinski definition) is 2. The highest BCUT2D eigenvalue weighted by Crippen LogP contribution is 2.41. The molecule has 3 rings (SSSR count). The number of fused-ring (bicyclic) bond motifs is 3. The van der Waals surface area contributed by atoms with Crippen LogP contribution in [0.3, 0.4) is 0 Å². The summed E-state index contributed by atoms with van der Waals surface area (Å²) in [6.45, 7) is 12.7. The third-order valence-electron chi connectivity index (χ3n) is 4.08. The van der Waals surface area contributed by atoms with Gasteiger partial charge >= 0.3 is 0 Å². The highest BCUT2D eigenvalue weighted by atomic mass is 32.2. The van der Waals surface area contributed by atoms with Crippen LogP contribution in [0.2, 0.25) is 0 Å². The first kappa shape index (κ1) is 19.4. The van der Waals surface area contributed by atoms with Crippen molar-refractivity contribution < 1.29 is 9.53 Å². The van der Waals surface area contributed by atoms with Crippen molar-refractivity contribution in [2.24, 2.45) is 5.92 Å². The Kier molecular flexibility index (Phi) is 5.46. The molecule has 1 aliphatic heterocycles. The quantitative estimate of drug-likeness (QED) is 0.451. The molecule has 26 heavy (non-hydrogen) atoms. The van der Waals surface area contributed by atoms with Gasteiger partial charge in [-0.2, -0.15) is 0 Å². The van der Waals surface area contributed by atoms with Crippen LogP contribution in [0.5, 0.6) is 0 Å². The van der Waals surface area contributed by atoms with E-state index in [-0.39, 0.29) is 17.4 Å². The zero-order valence-electron chi connectivity index (χ0n) is 16.1. The Morgan fingerprint density at radius 3 is 2.65 bits per heavy atom. The van der Waals surface area contributed by atoms with Crippen molar-refractivity contribution in [1.82, 2.24) is 15.4 Å². The highest BCUT2D eigenvalue weighted by Gasteiger charge is 2.31. The van der Waals surface area contributed by atoms with E-state index in [1.165, 1.54) is 10.4 Å². The minimum absolute atomic E-state index is 0.0671. The summed E-state index contributed by atoms with van der Waals surface area (Å²) in [5.41, 5.74) is 6.83. The summed E-state index contributed by atoms with van der Waals surface area (Å²) < 4.78 is 5.95. The van der Waals surface area contributed by atoms with Gasteiger partial charge in [-0.15, -0.1) is 11.3 Å². The molecule has 6 nitrogen and oxygen atoms in total. The van der Waals surface area contributed by atoms with Gasteiger partial charge < -0.3 is 4.74 Å². The standard InChI is InChI=1S/C18H26N4O2S2/c1-9(2)15(23)22-21-14-13-11-7-18(5,6)24-8-12(11)26-16(13)20-17(19-14)25-10(3)4/h9-10H,7-8H2,1-6H3,(H,22,23)(H,19,20,21). The number of nitrogens with zero attached hydrogens (tertiary/aromatic N) is 2. The van der Waals surface area contributed by atoms with Crippen molar-refractivity contribution in [3.63, 3.8) is 0 Å². The van der Waals surface area contributed by atoms with Gasteiger partial charge in [0.05, 0.1) is 17.6 Å². The van der Waals surface area contributed by atoms with E-state index >= 15 is 0 Å². The third-order valence-corrected chi connectivity index (χ3v) is 6.04. The molecule has 0 saturated carbocycles. The lowest BCUT2D eigenvalue weighted by molar-refractivity contribution is -0.123. The van der Waals surface area contributed by atoms with Gasteiger partial charge in [0, 0.05) is 22.5 Å². The molecule has 0 aromatic carbocycles. The fourth-order valence-corrected chi connectivity index (χ4v) is 4.61. The Morgan fingerprint density at radius 1 is 1.27 bits per heavy atom. The van der Waals surface area contributed by atoms with Crippen LogP contribution in [0.25, 0.3) is 10.2 Å². The molecular formula is C18H26N4O2S2. The molecule has 2 N–H and O–H groups in total. The highest BCUT2D eigenvalue weighted by molar-refractivity contribution is 7.99. The van der Waals surface area contributed by atoms with Crippen LogP contribution in [0, 0.1) is 5.92 Å². The van der Waals surface area contributed by atoms with E-state index in [0.717, 1.165) is 16.6 Å². The number of nitrogens with one attached hydrogen (secondary N) is 2. The fraction of sp³-hybridized carbons (Fsp3) is 0.611. The summed E-state index contributed by atoms with van der Waals surface area (Å²) in [7, 11) is 0. The summed E-state index contributed by atoms with van der Waals surface area (Å²) in [6.07, 6.45) is 0.801. The van der Waals surface area contributed by atoms with Crippen molar-refractivity contribution in [2.45, 2.75) is 70.6 Å².